The number of quaternary nitrogens is 1. The molecule has 0 aliphatic heterocycles. The highest BCUT2D eigenvalue weighted by Gasteiger charge is 2.24. The van der Waals surface area contributed by atoms with E-state index < -0.39 is 20.0 Å². The summed E-state index contributed by atoms with van der Waals surface area (Å²) < 4.78 is 23.2. The maximum Gasteiger partial charge on any atom is 0.268 e. The van der Waals surface area contributed by atoms with Crippen LogP contribution in [0.2, 0.25) is 0 Å². The summed E-state index contributed by atoms with van der Waals surface area (Å²) in [6.45, 7) is 4.71. The first-order valence-corrected chi connectivity index (χ1v) is 31.3. The van der Waals surface area contributed by atoms with Gasteiger partial charge in [0.25, 0.3) is 7.82 Å². The number of phosphoric acid groups is 1. The van der Waals surface area contributed by atoms with Gasteiger partial charge in [-0.15, -0.1) is 0 Å². The molecule has 8 nitrogen and oxygen atoms in total. The second kappa shape index (κ2) is 50.4. The van der Waals surface area contributed by atoms with Crippen LogP contribution in [0.3, 0.4) is 0 Å². The number of carbonyl (C=O) groups excluding carboxylic acids is 1. The molecule has 0 aliphatic carbocycles. The lowest BCUT2D eigenvalue weighted by molar-refractivity contribution is -0.870. The quantitative estimate of drug-likeness (QED) is 0.0357. The number of carbonyl (C=O) groups is 1. The van der Waals surface area contributed by atoms with Gasteiger partial charge in [-0.05, 0) is 12.8 Å². The summed E-state index contributed by atoms with van der Waals surface area (Å²) in [7, 11) is 1.32. The summed E-state index contributed by atoms with van der Waals surface area (Å²) in [5.41, 5.74) is 0. The van der Waals surface area contributed by atoms with Gasteiger partial charge in [0.05, 0.1) is 39.9 Å². The Morgan fingerprint density at radius 1 is 0.463 bits per heavy atom. The van der Waals surface area contributed by atoms with E-state index in [9.17, 15) is 19.4 Å². The smallest absolute Gasteiger partial charge is 0.268 e. The van der Waals surface area contributed by atoms with E-state index in [0.29, 0.717) is 23.9 Å². The van der Waals surface area contributed by atoms with Crippen LogP contribution in [-0.2, 0) is 18.4 Å². The third kappa shape index (κ3) is 53.1. The van der Waals surface area contributed by atoms with Crippen molar-refractivity contribution < 1.29 is 32.9 Å². The van der Waals surface area contributed by atoms with Crippen LogP contribution in [0.4, 0.5) is 0 Å². The topological polar surface area (TPSA) is 108 Å². The summed E-state index contributed by atoms with van der Waals surface area (Å²) in [4.78, 5) is 25.3. The van der Waals surface area contributed by atoms with Gasteiger partial charge in [-0.2, -0.15) is 0 Å². The average molecular weight is 972 g/mol. The van der Waals surface area contributed by atoms with Crippen molar-refractivity contribution in [3.63, 3.8) is 0 Å². The van der Waals surface area contributed by atoms with Crippen molar-refractivity contribution in [1.82, 2.24) is 5.32 Å². The Balaban J connectivity index is 3.68. The number of hydrogen-bond acceptors (Lipinski definition) is 6. The Labute approximate surface area is 419 Å². The molecule has 67 heavy (non-hydrogen) atoms. The largest absolute Gasteiger partial charge is 0.756 e. The van der Waals surface area contributed by atoms with Gasteiger partial charge in [0.2, 0.25) is 5.91 Å². The highest BCUT2D eigenvalue weighted by atomic mass is 31.2. The molecule has 0 fully saturated rings. The standard InChI is InChI=1S/C58H119N2O6P/c1-6-8-10-12-14-15-16-17-18-19-20-21-22-23-24-25-26-27-28-29-30-31-32-33-34-35-36-37-38-39-40-41-42-43-44-46-48-50-52-58(62)59-56(57(61)51-49-47-45-13-11-9-7-2)55-66-67(63,64)65-54-53-60(3,4)5/h56-57,61H,6-55H2,1-5H3,(H-,59,62,63,64). The number of phosphoric ester groups is 1. The third-order valence-corrected chi connectivity index (χ3v) is 15.1. The fourth-order valence-corrected chi connectivity index (χ4v) is 10.1. The molecule has 3 unspecified atom stereocenters. The lowest BCUT2D eigenvalue weighted by Crippen LogP contribution is -2.46. The van der Waals surface area contributed by atoms with Crippen LogP contribution >= 0.6 is 7.82 Å². The Hall–Kier alpha value is -0.500. The molecule has 0 radical (unpaired) electrons. The van der Waals surface area contributed by atoms with E-state index in [1.54, 1.807) is 0 Å². The van der Waals surface area contributed by atoms with Crippen LogP contribution in [0, 0.1) is 0 Å². The zero-order valence-electron chi connectivity index (χ0n) is 45.9. The maximum absolute atomic E-state index is 12.9. The maximum atomic E-state index is 12.9. The van der Waals surface area contributed by atoms with Gasteiger partial charge in [-0.25, -0.2) is 0 Å². The number of nitrogens with one attached hydrogen (secondary N) is 1. The number of rotatable bonds is 56. The zero-order valence-corrected chi connectivity index (χ0v) is 46.8. The third-order valence-electron chi connectivity index (χ3n) is 14.1. The Kier molecular flexibility index (Phi) is 50.1. The molecule has 9 heteroatoms. The fourth-order valence-electron chi connectivity index (χ4n) is 9.40. The van der Waals surface area contributed by atoms with E-state index in [2.05, 4.69) is 19.2 Å². The Morgan fingerprint density at radius 3 is 1.01 bits per heavy atom. The summed E-state index contributed by atoms with van der Waals surface area (Å²) in [5.74, 6) is -0.162. The minimum atomic E-state index is -4.55. The van der Waals surface area contributed by atoms with Crippen molar-refractivity contribution in [3.05, 3.63) is 0 Å². The Morgan fingerprint density at radius 2 is 0.731 bits per heavy atom. The van der Waals surface area contributed by atoms with Crippen LogP contribution in [-0.4, -0.2) is 68.5 Å². The number of aliphatic hydroxyl groups is 1. The molecule has 0 rings (SSSR count). The lowest BCUT2D eigenvalue weighted by Gasteiger charge is -2.30. The number of nitrogens with zero attached hydrogens (tertiary/aromatic N) is 1. The molecule has 402 valence electrons. The number of unbranched alkanes of at least 4 members (excludes halogenated alkanes) is 43. The lowest BCUT2D eigenvalue weighted by atomic mass is 10.0. The van der Waals surface area contributed by atoms with Gasteiger partial charge >= 0.3 is 0 Å². The molecule has 0 saturated heterocycles. The predicted molar refractivity (Wildman–Crippen MR) is 289 cm³/mol. The van der Waals surface area contributed by atoms with E-state index >= 15 is 0 Å². The van der Waals surface area contributed by atoms with Gasteiger partial charge in [0, 0.05) is 6.42 Å². The fraction of sp³-hybridized carbons (Fsp3) is 0.983. The van der Waals surface area contributed by atoms with E-state index in [4.69, 9.17) is 9.05 Å². The van der Waals surface area contributed by atoms with E-state index in [0.717, 1.165) is 38.5 Å². The monoisotopic (exact) mass is 971 g/mol. The van der Waals surface area contributed by atoms with Crippen molar-refractivity contribution in [2.75, 3.05) is 40.9 Å². The minimum Gasteiger partial charge on any atom is -0.756 e. The average Bonchev–Trinajstić information content (AvgIpc) is 3.29. The minimum absolute atomic E-state index is 0.0155. The number of amides is 1. The normalized spacial score (nSPS) is 13.8. The van der Waals surface area contributed by atoms with Crippen molar-refractivity contribution >= 4 is 13.7 Å². The first-order chi connectivity index (χ1) is 32.5. The highest BCUT2D eigenvalue weighted by molar-refractivity contribution is 7.45. The molecule has 0 aromatic carbocycles. The molecule has 3 atom stereocenters. The first kappa shape index (κ1) is 66.5. The molecule has 0 spiro atoms. The molecule has 0 aromatic heterocycles. The summed E-state index contributed by atoms with van der Waals surface area (Å²) in [5, 5.41) is 13.8. The van der Waals surface area contributed by atoms with Gasteiger partial charge in [0.15, 0.2) is 0 Å². The zero-order chi connectivity index (χ0) is 49.2. The molecule has 0 heterocycles. The van der Waals surface area contributed by atoms with Gasteiger partial charge in [0.1, 0.15) is 13.2 Å². The SMILES string of the molecule is CCCCCCCCCCCCCCCCCCCCCCCCCCCCCCCCCCCCCCCCC(=O)NC(COP(=O)([O-])OCC[N+](C)(C)C)C(O)CCCCCCCCC. The van der Waals surface area contributed by atoms with Gasteiger partial charge < -0.3 is 28.8 Å². The molecular weight excluding hydrogens is 852 g/mol. The Bertz CT molecular complexity index is 1060. The van der Waals surface area contributed by atoms with Gasteiger partial charge in [-0.1, -0.05) is 296 Å². The molecule has 2 N–H and O–H groups in total. The highest BCUT2D eigenvalue weighted by Crippen LogP contribution is 2.38. The number of hydrogen-bond donors (Lipinski definition) is 2. The molecule has 1 amide bonds. The van der Waals surface area contributed by atoms with Crippen LogP contribution in [0.5, 0.6) is 0 Å². The van der Waals surface area contributed by atoms with Crippen LogP contribution in [0.25, 0.3) is 0 Å². The molecule has 0 saturated carbocycles. The van der Waals surface area contributed by atoms with Crippen molar-refractivity contribution in [2.45, 2.75) is 328 Å². The summed E-state index contributed by atoms with van der Waals surface area (Å²) in [6.07, 6.45) is 60.7. The molecule has 0 aliphatic rings. The van der Waals surface area contributed by atoms with E-state index in [1.165, 1.54) is 250 Å². The summed E-state index contributed by atoms with van der Waals surface area (Å²) >= 11 is 0. The van der Waals surface area contributed by atoms with Crippen LogP contribution in [0.15, 0.2) is 0 Å². The van der Waals surface area contributed by atoms with Crippen molar-refractivity contribution in [1.29, 1.82) is 0 Å². The number of likely N-dealkylation sites (N-methyl/N-ethyl adjacent to an activating group) is 1. The molecular formula is C58H119N2O6P. The summed E-state index contributed by atoms with van der Waals surface area (Å²) in [6, 6.07) is -0.792. The second-order valence-corrected chi connectivity index (χ2v) is 23.5. The van der Waals surface area contributed by atoms with E-state index in [-0.39, 0.29) is 19.1 Å². The second-order valence-electron chi connectivity index (χ2n) is 22.1. The molecule has 0 bridgehead atoms. The van der Waals surface area contributed by atoms with Crippen molar-refractivity contribution in [3.8, 4) is 0 Å². The van der Waals surface area contributed by atoms with Gasteiger partial charge in [-0.3, -0.25) is 9.36 Å². The number of aliphatic hydroxyl groups excluding tert-OH is 1. The molecule has 0 aromatic rings. The van der Waals surface area contributed by atoms with Crippen LogP contribution in [0.1, 0.15) is 316 Å². The van der Waals surface area contributed by atoms with E-state index in [1.807, 2.05) is 21.1 Å². The van der Waals surface area contributed by atoms with Crippen LogP contribution < -0.4 is 10.2 Å². The van der Waals surface area contributed by atoms with Crippen molar-refractivity contribution in [2.24, 2.45) is 0 Å². The first-order valence-electron chi connectivity index (χ1n) is 29.9. The predicted octanol–water partition coefficient (Wildman–Crippen LogP) is 17.4.